The third kappa shape index (κ3) is 5.72. The molecule has 10 heteroatoms. The van der Waals surface area contributed by atoms with Crippen LogP contribution in [0, 0.1) is 10.1 Å². The largest absolute Gasteiger partial charge is 0.416 e. The Balaban J connectivity index is 1.62. The molecular formula is C21H23F3N4O3. The Hall–Kier alpha value is -3.14. The number of carbonyl (C=O) groups excluding carboxylic acids is 1. The van der Waals surface area contributed by atoms with Crippen LogP contribution in [-0.2, 0) is 12.7 Å². The molecule has 1 aliphatic heterocycles. The van der Waals surface area contributed by atoms with E-state index in [-0.39, 0.29) is 17.3 Å². The molecule has 0 aromatic heterocycles. The van der Waals surface area contributed by atoms with Gasteiger partial charge in [-0.15, -0.1) is 0 Å². The molecule has 0 saturated carbocycles. The zero-order valence-corrected chi connectivity index (χ0v) is 16.9. The van der Waals surface area contributed by atoms with Crippen LogP contribution in [0.4, 0.5) is 24.5 Å². The number of rotatable bonds is 6. The number of piperidine rings is 1. The molecule has 2 N–H and O–H groups in total. The minimum atomic E-state index is -4.36. The standard InChI is InChI=1S/C21H23F3N4O3/c1-25-20(29)18-12-17(28(30)31)5-6-19(18)26-16-7-9-27(10-8-16)13-14-3-2-4-15(11-14)21(22,23)24/h2-6,11-12,16,26H,7-10,13H2,1H3,(H,25,29). The fraction of sp³-hybridized carbons (Fsp3) is 0.381. The smallest absolute Gasteiger partial charge is 0.382 e. The number of carbonyl (C=O) groups is 1. The predicted octanol–water partition coefficient (Wildman–Crippen LogP) is 4.05. The maximum Gasteiger partial charge on any atom is 0.416 e. The van der Waals surface area contributed by atoms with Gasteiger partial charge in [0.2, 0.25) is 0 Å². The summed E-state index contributed by atoms with van der Waals surface area (Å²) in [6.45, 7) is 1.78. The summed E-state index contributed by atoms with van der Waals surface area (Å²) in [6.07, 6.45) is -2.91. The van der Waals surface area contributed by atoms with E-state index in [0.29, 0.717) is 30.9 Å². The Labute approximate surface area is 177 Å². The maximum atomic E-state index is 12.9. The number of benzene rings is 2. The molecule has 1 heterocycles. The summed E-state index contributed by atoms with van der Waals surface area (Å²) in [5, 5.41) is 16.8. The number of alkyl halides is 3. The quantitative estimate of drug-likeness (QED) is 0.527. The van der Waals surface area contributed by atoms with Crippen LogP contribution in [0.2, 0.25) is 0 Å². The Morgan fingerprint density at radius 2 is 1.90 bits per heavy atom. The molecule has 1 amide bonds. The van der Waals surface area contributed by atoms with Crippen molar-refractivity contribution in [3.63, 3.8) is 0 Å². The topological polar surface area (TPSA) is 87.5 Å². The first-order valence-corrected chi connectivity index (χ1v) is 9.83. The highest BCUT2D eigenvalue weighted by Gasteiger charge is 2.30. The number of hydrogen-bond donors (Lipinski definition) is 2. The number of amides is 1. The van der Waals surface area contributed by atoms with Crippen molar-refractivity contribution in [2.24, 2.45) is 0 Å². The van der Waals surface area contributed by atoms with Crippen LogP contribution in [0.3, 0.4) is 0 Å². The molecule has 0 unspecified atom stereocenters. The highest BCUT2D eigenvalue weighted by atomic mass is 19.4. The van der Waals surface area contributed by atoms with Crippen molar-refractivity contribution in [1.29, 1.82) is 0 Å². The second-order valence-corrected chi connectivity index (χ2v) is 7.46. The number of non-ortho nitro benzene ring substituents is 1. The second-order valence-electron chi connectivity index (χ2n) is 7.46. The number of nitrogens with zero attached hydrogens (tertiary/aromatic N) is 2. The van der Waals surface area contributed by atoms with Gasteiger partial charge in [-0.05, 0) is 30.5 Å². The molecule has 1 fully saturated rings. The normalized spacial score (nSPS) is 15.5. The van der Waals surface area contributed by atoms with E-state index in [9.17, 15) is 28.1 Å². The van der Waals surface area contributed by atoms with Crippen molar-refractivity contribution >= 4 is 17.3 Å². The van der Waals surface area contributed by atoms with Crippen LogP contribution in [0.5, 0.6) is 0 Å². The molecule has 0 bridgehead atoms. The zero-order chi connectivity index (χ0) is 22.6. The lowest BCUT2D eigenvalue weighted by molar-refractivity contribution is -0.384. The van der Waals surface area contributed by atoms with Gasteiger partial charge in [-0.1, -0.05) is 18.2 Å². The lowest BCUT2D eigenvalue weighted by Gasteiger charge is -2.33. The van der Waals surface area contributed by atoms with Gasteiger partial charge in [0, 0.05) is 50.5 Å². The summed E-state index contributed by atoms with van der Waals surface area (Å²) in [4.78, 5) is 24.7. The minimum Gasteiger partial charge on any atom is -0.382 e. The lowest BCUT2D eigenvalue weighted by atomic mass is 10.0. The van der Waals surface area contributed by atoms with Gasteiger partial charge in [-0.25, -0.2) is 0 Å². The SMILES string of the molecule is CNC(=O)c1cc([N+](=O)[O-])ccc1NC1CCN(Cc2cccc(C(F)(F)F)c2)CC1. The Morgan fingerprint density at radius 3 is 2.52 bits per heavy atom. The average Bonchev–Trinajstić information content (AvgIpc) is 2.74. The summed E-state index contributed by atoms with van der Waals surface area (Å²) >= 11 is 0. The highest BCUT2D eigenvalue weighted by molar-refractivity contribution is 6.00. The van der Waals surface area contributed by atoms with Gasteiger partial charge in [-0.3, -0.25) is 19.8 Å². The molecule has 31 heavy (non-hydrogen) atoms. The van der Waals surface area contributed by atoms with Crippen molar-refractivity contribution in [2.45, 2.75) is 31.6 Å². The minimum absolute atomic E-state index is 0.0441. The molecule has 2 aromatic carbocycles. The third-order valence-electron chi connectivity index (χ3n) is 5.29. The van der Waals surface area contributed by atoms with Crippen molar-refractivity contribution in [3.8, 4) is 0 Å². The summed E-state index contributed by atoms with van der Waals surface area (Å²) < 4.78 is 38.7. The molecular weight excluding hydrogens is 413 g/mol. The van der Waals surface area contributed by atoms with Crippen LogP contribution in [-0.4, -0.2) is 41.9 Å². The van der Waals surface area contributed by atoms with E-state index in [0.717, 1.165) is 18.9 Å². The lowest BCUT2D eigenvalue weighted by Crippen LogP contribution is -2.39. The molecule has 166 valence electrons. The number of nitro groups is 1. The zero-order valence-electron chi connectivity index (χ0n) is 16.9. The van der Waals surface area contributed by atoms with Crippen LogP contribution >= 0.6 is 0 Å². The molecule has 1 aliphatic rings. The molecule has 2 aromatic rings. The van der Waals surface area contributed by atoms with Crippen molar-refractivity contribution in [2.75, 3.05) is 25.5 Å². The fourth-order valence-corrected chi connectivity index (χ4v) is 3.65. The summed E-state index contributed by atoms with van der Waals surface area (Å²) in [6, 6.07) is 9.50. The molecule has 7 nitrogen and oxygen atoms in total. The van der Waals surface area contributed by atoms with Gasteiger partial charge in [0.05, 0.1) is 16.1 Å². The number of nitro benzene ring substituents is 1. The van der Waals surface area contributed by atoms with E-state index in [1.807, 2.05) is 0 Å². The predicted molar refractivity (Wildman–Crippen MR) is 110 cm³/mol. The van der Waals surface area contributed by atoms with Crippen molar-refractivity contribution in [3.05, 3.63) is 69.3 Å². The number of likely N-dealkylation sites (tertiary alicyclic amines) is 1. The van der Waals surface area contributed by atoms with Gasteiger partial charge in [0.15, 0.2) is 0 Å². The van der Waals surface area contributed by atoms with E-state index < -0.39 is 22.6 Å². The number of nitrogens with one attached hydrogen (secondary N) is 2. The molecule has 1 saturated heterocycles. The number of anilines is 1. The molecule has 3 rings (SSSR count). The number of halogens is 3. The van der Waals surface area contributed by atoms with Gasteiger partial charge in [-0.2, -0.15) is 13.2 Å². The van der Waals surface area contributed by atoms with Crippen LogP contribution in [0.15, 0.2) is 42.5 Å². The number of hydrogen-bond acceptors (Lipinski definition) is 5. The van der Waals surface area contributed by atoms with E-state index >= 15 is 0 Å². The van der Waals surface area contributed by atoms with Crippen LogP contribution < -0.4 is 10.6 Å². The Bertz CT molecular complexity index is 957. The van der Waals surface area contributed by atoms with Crippen molar-refractivity contribution < 1.29 is 22.9 Å². The maximum absolute atomic E-state index is 12.9. The summed E-state index contributed by atoms with van der Waals surface area (Å²) in [5.74, 6) is -0.423. The Kier molecular flexibility index (Phi) is 6.79. The second kappa shape index (κ2) is 9.34. The van der Waals surface area contributed by atoms with Crippen LogP contribution in [0.1, 0.15) is 34.3 Å². The van der Waals surface area contributed by atoms with E-state index in [4.69, 9.17) is 0 Å². The fourth-order valence-electron chi connectivity index (χ4n) is 3.65. The Morgan fingerprint density at radius 1 is 1.19 bits per heavy atom. The van der Waals surface area contributed by atoms with Gasteiger partial charge in [0.25, 0.3) is 11.6 Å². The van der Waals surface area contributed by atoms with E-state index in [1.165, 1.54) is 37.4 Å². The van der Waals surface area contributed by atoms with Gasteiger partial charge < -0.3 is 10.6 Å². The van der Waals surface area contributed by atoms with E-state index in [2.05, 4.69) is 15.5 Å². The summed E-state index contributed by atoms with van der Waals surface area (Å²) in [7, 11) is 1.46. The van der Waals surface area contributed by atoms with Gasteiger partial charge >= 0.3 is 6.18 Å². The van der Waals surface area contributed by atoms with Gasteiger partial charge in [0.1, 0.15) is 0 Å². The first-order valence-electron chi connectivity index (χ1n) is 9.83. The third-order valence-corrected chi connectivity index (χ3v) is 5.29. The molecule has 0 radical (unpaired) electrons. The van der Waals surface area contributed by atoms with E-state index in [1.54, 1.807) is 6.07 Å². The van der Waals surface area contributed by atoms with Crippen molar-refractivity contribution in [1.82, 2.24) is 10.2 Å². The monoisotopic (exact) mass is 436 g/mol. The molecule has 0 atom stereocenters. The first kappa shape index (κ1) is 22.5. The average molecular weight is 436 g/mol. The summed E-state index contributed by atoms with van der Waals surface area (Å²) in [5.41, 5.74) is 0.504. The molecule has 0 aliphatic carbocycles. The highest BCUT2D eigenvalue weighted by Crippen LogP contribution is 2.30. The van der Waals surface area contributed by atoms with Crippen LogP contribution in [0.25, 0.3) is 0 Å². The molecule has 0 spiro atoms. The first-order chi connectivity index (χ1) is 14.7.